The molecule has 0 radical (unpaired) electrons. The van der Waals surface area contributed by atoms with Gasteiger partial charge in [0.15, 0.2) is 0 Å². The average molecular weight is 294 g/mol. The summed E-state index contributed by atoms with van der Waals surface area (Å²) >= 11 is 0. The molecule has 6 nitrogen and oxygen atoms in total. The van der Waals surface area contributed by atoms with Gasteiger partial charge in [0, 0.05) is 11.8 Å². The molecular weight excluding hydrogens is 280 g/mol. The second kappa shape index (κ2) is 4.62. The van der Waals surface area contributed by atoms with E-state index in [9.17, 15) is 9.59 Å². The van der Waals surface area contributed by atoms with Crippen LogP contribution < -0.4 is 5.32 Å². The van der Waals surface area contributed by atoms with Gasteiger partial charge in [0.2, 0.25) is 5.91 Å². The fourth-order valence-electron chi connectivity index (χ4n) is 2.98. The third-order valence-corrected chi connectivity index (χ3v) is 4.12. The van der Waals surface area contributed by atoms with E-state index in [1.807, 2.05) is 19.1 Å². The lowest BCUT2D eigenvalue weighted by atomic mass is 10.0. The van der Waals surface area contributed by atoms with Crippen molar-refractivity contribution in [1.29, 1.82) is 0 Å². The van der Waals surface area contributed by atoms with Gasteiger partial charge in [-0.15, -0.1) is 5.10 Å². The quantitative estimate of drug-likeness (QED) is 0.695. The number of aromatic nitrogens is 3. The monoisotopic (exact) mass is 294 g/mol. The molecule has 1 N–H and O–H groups in total. The summed E-state index contributed by atoms with van der Waals surface area (Å²) in [6, 6.07) is 9.62. The van der Waals surface area contributed by atoms with Crippen LogP contribution in [0, 0.1) is 6.92 Å². The second-order valence-corrected chi connectivity index (χ2v) is 5.66. The van der Waals surface area contributed by atoms with Gasteiger partial charge in [-0.05, 0) is 30.9 Å². The fourth-order valence-corrected chi connectivity index (χ4v) is 2.98. The summed E-state index contributed by atoms with van der Waals surface area (Å²) in [5.41, 5.74) is 2.74. The number of hydrogen-bond acceptors (Lipinski definition) is 4. The van der Waals surface area contributed by atoms with Gasteiger partial charge in [-0.25, -0.2) is 4.68 Å². The molecule has 1 aromatic heterocycles. The number of imide groups is 1. The Labute approximate surface area is 126 Å². The van der Waals surface area contributed by atoms with Crippen LogP contribution in [0.15, 0.2) is 30.3 Å². The zero-order chi connectivity index (χ0) is 15.3. The smallest absolute Gasteiger partial charge is 0.251 e. The molecule has 22 heavy (non-hydrogen) atoms. The maximum atomic E-state index is 12.0. The molecule has 0 saturated carbocycles. The maximum Gasteiger partial charge on any atom is 0.251 e. The van der Waals surface area contributed by atoms with Crippen LogP contribution in [0.25, 0.3) is 21.8 Å². The first-order chi connectivity index (χ1) is 10.6. The van der Waals surface area contributed by atoms with Crippen molar-refractivity contribution in [3.8, 4) is 0 Å². The summed E-state index contributed by atoms with van der Waals surface area (Å²) in [6.45, 7) is 2.03. The number of fused-ring (bicyclic) bond motifs is 3. The van der Waals surface area contributed by atoms with Gasteiger partial charge < -0.3 is 0 Å². The molecule has 2 aromatic carbocycles. The Bertz CT molecular complexity index is 928. The molecule has 0 spiro atoms. The molecule has 1 fully saturated rings. The van der Waals surface area contributed by atoms with Crippen LogP contribution in [0.5, 0.6) is 0 Å². The third-order valence-electron chi connectivity index (χ3n) is 4.12. The van der Waals surface area contributed by atoms with Crippen LogP contribution in [0.3, 0.4) is 0 Å². The summed E-state index contributed by atoms with van der Waals surface area (Å²) in [6.07, 6.45) is 0.777. The van der Waals surface area contributed by atoms with Crippen molar-refractivity contribution in [1.82, 2.24) is 20.3 Å². The summed E-state index contributed by atoms with van der Waals surface area (Å²) in [4.78, 5) is 23.3. The summed E-state index contributed by atoms with van der Waals surface area (Å²) in [5, 5.41) is 12.9. The van der Waals surface area contributed by atoms with E-state index in [0.29, 0.717) is 12.8 Å². The predicted octanol–water partition coefficient (Wildman–Crippen LogP) is 1.87. The molecule has 110 valence electrons. The molecule has 1 atom stereocenters. The highest BCUT2D eigenvalue weighted by atomic mass is 16.2. The zero-order valence-electron chi connectivity index (χ0n) is 12.0. The van der Waals surface area contributed by atoms with Crippen molar-refractivity contribution < 1.29 is 9.59 Å². The summed E-state index contributed by atoms with van der Waals surface area (Å²) < 4.78 is 1.62. The van der Waals surface area contributed by atoms with Gasteiger partial charge in [0.1, 0.15) is 11.6 Å². The first-order valence-electron chi connectivity index (χ1n) is 7.21. The largest absolute Gasteiger partial charge is 0.295 e. The molecule has 1 unspecified atom stereocenters. The highest BCUT2D eigenvalue weighted by molar-refractivity contribution is 6.05. The number of amides is 2. The third kappa shape index (κ3) is 1.88. The number of nitrogens with zero attached hydrogens (tertiary/aromatic N) is 3. The van der Waals surface area contributed by atoms with Gasteiger partial charge in [-0.1, -0.05) is 29.0 Å². The van der Waals surface area contributed by atoms with Crippen LogP contribution in [-0.4, -0.2) is 26.8 Å². The van der Waals surface area contributed by atoms with Crippen molar-refractivity contribution in [2.45, 2.75) is 25.8 Å². The average Bonchev–Trinajstić information content (AvgIpc) is 2.91. The van der Waals surface area contributed by atoms with Gasteiger partial charge in [-0.2, -0.15) is 0 Å². The molecule has 4 rings (SSSR count). The molecule has 2 heterocycles. The number of nitrogens with one attached hydrogen (secondary N) is 1. The van der Waals surface area contributed by atoms with Crippen LogP contribution in [0.2, 0.25) is 0 Å². The molecular formula is C16H14N4O2. The van der Waals surface area contributed by atoms with Crippen LogP contribution in [0.4, 0.5) is 0 Å². The number of benzene rings is 2. The van der Waals surface area contributed by atoms with Crippen molar-refractivity contribution in [3.05, 3.63) is 35.9 Å². The number of hydrogen-bond donors (Lipinski definition) is 1. The summed E-state index contributed by atoms with van der Waals surface area (Å²) in [7, 11) is 0. The van der Waals surface area contributed by atoms with Crippen molar-refractivity contribution >= 4 is 33.6 Å². The van der Waals surface area contributed by atoms with E-state index in [0.717, 1.165) is 27.4 Å². The van der Waals surface area contributed by atoms with Crippen LogP contribution in [0.1, 0.15) is 24.4 Å². The number of carbonyl (C=O) groups excluding carboxylic acids is 2. The number of rotatable bonds is 1. The van der Waals surface area contributed by atoms with Gasteiger partial charge in [-0.3, -0.25) is 14.9 Å². The Balaban J connectivity index is 1.90. The van der Waals surface area contributed by atoms with Gasteiger partial charge in [0.05, 0.1) is 5.52 Å². The predicted molar refractivity (Wildman–Crippen MR) is 81.2 cm³/mol. The lowest BCUT2D eigenvalue weighted by molar-refractivity contribution is -0.135. The van der Waals surface area contributed by atoms with E-state index in [1.165, 1.54) is 0 Å². The fraction of sp³-hybridized carbons (Fsp3) is 0.250. The minimum Gasteiger partial charge on any atom is -0.295 e. The Morgan fingerprint density at radius 1 is 1.23 bits per heavy atom. The summed E-state index contributed by atoms with van der Waals surface area (Å²) in [5.74, 6) is -0.542. The first kappa shape index (κ1) is 12.9. The molecule has 0 aliphatic carbocycles. The van der Waals surface area contributed by atoms with Crippen molar-refractivity contribution in [3.63, 3.8) is 0 Å². The van der Waals surface area contributed by atoms with E-state index in [2.05, 4.69) is 33.8 Å². The molecule has 2 amide bonds. The van der Waals surface area contributed by atoms with E-state index in [1.54, 1.807) is 4.68 Å². The molecule has 1 aliphatic rings. The molecule has 1 aliphatic heterocycles. The maximum absolute atomic E-state index is 12.0. The zero-order valence-corrected chi connectivity index (χ0v) is 12.0. The standard InChI is InChI=1S/C16H14N4O2/c1-9-2-3-10-4-5-12-15(11(10)8-9)18-19-20(12)13-6-7-14(21)17-16(13)22/h2-5,8,13H,6-7H2,1H3,(H,17,21,22). The Morgan fingerprint density at radius 2 is 2.05 bits per heavy atom. The van der Waals surface area contributed by atoms with E-state index >= 15 is 0 Å². The first-order valence-corrected chi connectivity index (χ1v) is 7.21. The number of carbonyl (C=O) groups is 2. The minimum atomic E-state index is -0.482. The van der Waals surface area contributed by atoms with Crippen LogP contribution in [-0.2, 0) is 9.59 Å². The Kier molecular flexibility index (Phi) is 2.72. The molecule has 0 bridgehead atoms. The molecule has 6 heteroatoms. The van der Waals surface area contributed by atoms with Gasteiger partial charge >= 0.3 is 0 Å². The highest BCUT2D eigenvalue weighted by Gasteiger charge is 2.30. The van der Waals surface area contributed by atoms with E-state index < -0.39 is 6.04 Å². The van der Waals surface area contributed by atoms with Crippen LogP contribution >= 0.6 is 0 Å². The highest BCUT2D eigenvalue weighted by Crippen LogP contribution is 2.28. The van der Waals surface area contributed by atoms with E-state index in [4.69, 9.17) is 0 Å². The second-order valence-electron chi connectivity index (χ2n) is 5.66. The Hall–Kier alpha value is -2.76. The SMILES string of the molecule is Cc1ccc2ccc3c(nnn3C3CCC(=O)NC3=O)c2c1. The lowest BCUT2D eigenvalue weighted by Crippen LogP contribution is -2.42. The Morgan fingerprint density at radius 3 is 2.86 bits per heavy atom. The van der Waals surface area contributed by atoms with Crippen molar-refractivity contribution in [2.24, 2.45) is 0 Å². The number of aryl methyl sites for hydroxylation is 1. The number of piperidine rings is 1. The lowest BCUT2D eigenvalue weighted by Gasteiger charge is -2.21. The van der Waals surface area contributed by atoms with Crippen molar-refractivity contribution in [2.75, 3.05) is 0 Å². The molecule has 3 aromatic rings. The minimum absolute atomic E-state index is 0.230. The van der Waals surface area contributed by atoms with Gasteiger partial charge in [0.25, 0.3) is 5.91 Å². The van der Waals surface area contributed by atoms with E-state index in [-0.39, 0.29) is 11.8 Å². The topological polar surface area (TPSA) is 76.9 Å². The normalized spacial score (nSPS) is 18.9. The molecule has 1 saturated heterocycles.